The second-order valence-corrected chi connectivity index (χ2v) is 6.73. The molecule has 120 valence electrons. The molecule has 4 nitrogen and oxygen atoms in total. The average molecular weight is 301 g/mol. The minimum atomic E-state index is 0.0449. The van der Waals surface area contributed by atoms with Gasteiger partial charge < -0.3 is 15.1 Å². The van der Waals surface area contributed by atoms with E-state index in [9.17, 15) is 4.79 Å². The third-order valence-electron chi connectivity index (χ3n) is 4.92. The lowest BCUT2D eigenvalue weighted by atomic mass is 9.96. The van der Waals surface area contributed by atoms with Gasteiger partial charge in [-0.15, -0.1) is 0 Å². The van der Waals surface area contributed by atoms with E-state index in [1.807, 2.05) is 29.2 Å². The molecule has 2 aliphatic heterocycles. The number of hydrogen-bond donors (Lipinski definition) is 1. The largest absolute Gasteiger partial charge is 0.325 e. The number of hydrogen-bond acceptors (Lipinski definition) is 2. The molecule has 0 atom stereocenters. The number of piperidine rings is 1. The summed E-state index contributed by atoms with van der Waals surface area (Å²) in [6.07, 6.45) is 4.99. The molecule has 2 saturated heterocycles. The fourth-order valence-electron chi connectivity index (χ4n) is 3.49. The number of rotatable bonds is 3. The Morgan fingerprint density at radius 2 is 1.73 bits per heavy atom. The minimum absolute atomic E-state index is 0.0449. The molecule has 0 aliphatic carbocycles. The number of carbonyl (C=O) groups excluding carboxylic acids is 1. The molecule has 0 unspecified atom stereocenters. The third-order valence-corrected chi connectivity index (χ3v) is 4.92. The molecule has 2 heterocycles. The lowest BCUT2D eigenvalue weighted by Gasteiger charge is -2.33. The van der Waals surface area contributed by atoms with Crippen LogP contribution in [0.1, 0.15) is 31.2 Å². The zero-order valence-electron chi connectivity index (χ0n) is 13.6. The predicted molar refractivity (Wildman–Crippen MR) is 90.2 cm³/mol. The molecule has 1 aromatic rings. The zero-order chi connectivity index (χ0) is 15.4. The van der Waals surface area contributed by atoms with Crippen molar-refractivity contribution < 1.29 is 4.79 Å². The van der Waals surface area contributed by atoms with Crippen LogP contribution < -0.4 is 5.32 Å². The minimum Gasteiger partial charge on any atom is -0.325 e. The lowest BCUT2D eigenvalue weighted by molar-refractivity contribution is 0.163. The first-order valence-corrected chi connectivity index (χ1v) is 8.55. The van der Waals surface area contributed by atoms with E-state index in [1.54, 1.807) is 0 Å². The molecule has 0 radical (unpaired) electrons. The Morgan fingerprint density at radius 1 is 1.09 bits per heavy atom. The third kappa shape index (κ3) is 4.01. The van der Waals surface area contributed by atoms with E-state index in [0.29, 0.717) is 0 Å². The second kappa shape index (κ2) is 7.14. The summed E-state index contributed by atoms with van der Waals surface area (Å²) in [5, 5.41) is 3.00. The van der Waals surface area contributed by atoms with Gasteiger partial charge in [-0.2, -0.15) is 0 Å². The van der Waals surface area contributed by atoms with Crippen LogP contribution in [0.15, 0.2) is 24.3 Å². The van der Waals surface area contributed by atoms with Crippen LogP contribution >= 0.6 is 0 Å². The fraction of sp³-hybridized carbons (Fsp3) is 0.611. The van der Waals surface area contributed by atoms with Crippen LogP contribution in [-0.2, 0) is 0 Å². The van der Waals surface area contributed by atoms with Crippen molar-refractivity contribution in [3.8, 4) is 0 Å². The summed E-state index contributed by atoms with van der Waals surface area (Å²) in [6, 6.07) is 8.03. The Labute approximate surface area is 133 Å². The molecule has 0 aromatic heterocycles. The smallest absolute Gasteiger partial charge is 0.321 e. The van der Waals surface area contributed by atoms with Crippen LogP contribution in [0.2, 0.25) is 0 Å². The molecule has 2 fully saturated rings. The van der Waals surface area contributed by atoms with Crippen LogP contribution in [0, 0.1) is 12.8 Å². The maximum Gasteiger partial charge on any atom is 0.321 e. The van der Waals surface area contributed by atoms with E-state index in [1.165, 1.54) is 38.0 Å². The molecule has 2 aliphatic rings. The van der Waals surface area contributed by atoms with Gasteiger partial charge in [-0.05, 0) is 63.7 Å². The zero-order valence-corrected chi connectivity index (χ0v) is 13.6. The summed E-state index contributed by atoms with van der Waals surface area (Å²) in [6.45, 7) is 7.60. The first-order valence-electron chi connectivity index (χ1n) is 8.55. The molecular formula is C18H27N3O. The van der Waals surface area contributed by atoms with E-state index in [0.717, 1.165) is 37.5 Å². The van der Waals surface area contributed by atoms with Gasteiger partial charge in [-0.3, -0.25) is 0 Å². The highest BCUT2D eigenvalue weighted by Crippen LogP contribution is 2.21. The maximum absolute atomic E-state index is 12.3. The number of aryl methyl sites for hydroxylation is 1. The Balaban J connectivity index is 1.44. The van der Waals surface area contributed by atoms with Crippen LogP contribution in [0.25, 0.3) is 0 Å². The van der Waals surface area contributed by atoms with Crippen molar-refractivity contribution in [1.29, 1.82) is 0 Å². The van der Waals surface area contributed by atoms with Gasteiger partial charge in [0.25, 0.3) is 0 Å². The standard InChI is InChI=1S/C18H27N3O/c1-15-4-6-17(7-5-15)19-18(22)21-12-8-16(9-13-21)14-20-10-2-3-11-20/h4-7,16H,2-3,8-14H2,1H3,(H,19,22). The first kappa shape index (κ1) is 15.3. The van der Waals surface area contributed by atoms with E-state index >= 15 is 0 Å². The van der Waals surface area contributed by atoms with Crippen molar-refractivity contribution in [3.05, 3.63) is 29.8 Å². The van der Waals surface area contributed by atoms with Crippen molar-refractivity contribution in [1.82, 2.24) is 9.80 Å². The Morgan fingerprint density at radius 3 is 2.36 bits per heavy atom. The number of benzene rings is 1. The fourth-order valence-corrected chi connectivity index (χ4v) is 3.49. The summed E-state index contributed by atoms with van der Waals surface area (Å²) in [5.41, 5.74) is 2.09. The number of nitrogens with zero attached hydrogens (tertiary/aromatic N) is 2. The summed E-state index contributed by atoms with van der Waals surface area (Å²) in [5.74, 6) is 0.765. The molecule has 0 saturated carbocycles. The Kier molecular flexibility index (Phi) is 4.98. The van der Waals surface area contributed by atoms with Crippen LogP contribution in [0.4, 0.5) is 10.5 Å². The molecular weight excluding hydrogens is 274 g/mol. The number of likely N-dealkylation sites (tertiary alicyclic amines) is 2. The highest BCUT2D eigenvalue weighted by Gasteiger charge is 2.25. The first-order chi connectivity index (χ1) is 10.7. The predicted octanol–water partition coefficient (Wildman–Crippen LogP) is 3.33. The molecule has 3 rings (SSSR count). The highest BCUT2D eigenvalue weighted by atomic mass is 16.2. The number of amides is 2. The van der Waals surface area contributed by atoms with Gasteiger partial charge in [0.05, 0.1) is 0 Å². The van der Waals surface area contributed by atoms with Gasteiger partial charge in [0.2, 0.25) is 0 Å². The van der Waals surface area contributed by atoms with Gasteiger partial charge in [-0.25, -0.2) is 4.79 Å². The highest BCUT2D eigenvalue weighted by molar-refractivity contribution is 5.89. The molecule has 0 spiro atoms. The SMILES string of the molecule is Cc1ccc(NC(=O)N2CCC(CN3CCCC3)CC2)cc1. The summed E-state index contributed by atoms with van der Waals surface area (Å²) >= 11 is 0. The van der Waals surface area contributed by atoms with Crippen molar-refractivity contribution in [3.63, 3.8) is 0 Å². The number of carbonyl (C=O) groups is 1. The monoisotopic (exact) mass is 301 g/mol. The molecule has 22 heavy (non-hydrogen) atoms. The number of anilines is 1. The van der Waals surface area contributed by atoms with Gasteiger partial charge in [0.1, 0.15) is 0 Å². The average Bonchev–Trinajstić information content (AvgIpc) is 3.03. The van der Waals surface area contributed by atoms with E-state index in [-0.39, 0.29) is 6.03 Å². The summed E-state index contributed by atoms with van der Waals surface area (Å²) < 4.78 is 0. The number of nitrogens with one attached hydrogen (secondary N) is 1. The quantitative estimate of drug-likeness (QED) is 0.929. The molecule has 4 heteroatoms. The lowest BCUT2D eigenvalue weighted by Crippen LogP contribution is -2.43. The van der Waals surface area contributed by atoms with E-state index in [4.69, 9.17) is 0 Å². The van der Waals surface area contributed by atoms with Gasteiger partial charge in [-0.1, -0.05) is 17.7 Å². The second-order valence-electron chi connectivity index (χ2n) is 6.73. The number of urea groups is 1. The van der Waals surface area contributed by atoms with Crippen molar-refractivity contribution in [2.45, 2.75) is 32.6 Å². The molecule has 1 N–H and O–H groups in total. The normalized spacial score (nSPS) is 20.3. The maximum atomic E-state index is 12.3. The van der Waals surface area contributed by atoms with Gasteiger partial charge >= 0.3 is 6.03 Å². The molecule has 1 aromatic carbocycles. The Hall–Kier alpha value is -1.55. The molecule has 0 bridgehead atoms. The summed E-state index contributed by atoms with van der Waals surface area (Å²) in [4.78, 5) is 16.9. The van der Waals surface area contributed by atoms with Crippen molar-refractivity contribution in [2.24, 2.45) is 5.92 Å². The van der Waals surface area contributed by atoms with Gasteiger partial charge in [0.15, 0.2) is 0 Å². The topological polar surface area (TPSA) is 35.6 Å². The van der Waals surface area contributed by atoms with Crippen LogP contribution in [-0.4, -0.2) is 48.6 Å². The van der Waals surface area contributed by atoms with Gasteiger partial charge in [0, 0.05) is 25.3 Å². The van der Waals surface area contributed by atoms with Crippen molar-refractivity contribution >= 4 is 11.7 Å². The molecule has 2 amide bonds. The van der Waals surface area contributed by atoms with E-state index in [2.05, 4.69) is 17.1 Å². The van der Waals surface area contributed by atoms with Crippen LogP contribution in [0.3, 0.4) is 0 Å². The van der Waals surface area contributed by atoms with E-state index < -0.39 is 0 Å². The summed E-state index contributed by atoms with van der Waals surface area (Å²) in [7, 11) is 0. The van der Waals surface area contributed by atoms with Crippen LogP contribution in [0.5, 0.6) is 0 Å². The van der Waals surface area contributed by atoms with Crippen molar-refractivity contribution in [2.75, 3.05) is 38.0 Å². The Bertz CT molecular complexity index is 486.